The van der Waals surface area contributed by atoms with E-state index in [1.54, 1.807) is 0 Å². The van der Waals surface area contributed by atoms with Gasteiger partial charge in [-0.25, -0.2) is 0 Å². The molecule has 3 aliphatic rings. The van der Waals surface area contributed by atoms with Gasteiger partial charge in [0.25, 0.3) is 0 Å². The lowest BCUT2D eigenvalue weighted by Gasteiger charge is -2.19. The number of ether oxygens (including phenoxy) is 2. The summed E-state index contributed by atoms with van der Waals surface area (Å²) in [7, 11) is 1.30. The molecule has 65 heavy (non-hydrogen) atoms. The molecule has 1 saturated heterocycles. The smallest absolute Gasteiger partial charge is 0.321 e. The summed E-state index contributed by atoms with van der Waals surface area (Å²) in [4.78, 5) is 64.7. The number of H-pyrrole nitrogens is 3. The Hall–Kier alpha value is -5.38. The Morgan fingerprint density at radius 1 is 0.846 bits per heavy atom. The van der Waals surface area contributed by atoms with Crippen LogP contribution in [0.5, 0.6) is 0 Å². The average Bonchev–Trinajstić information content (AvgIpc) is 4.02. The Balaban J connectivity index is 1.23. The van der Waals surface area contributed by atoms with Gasteiger partial charge in [-0.1, -0.05) is 105 Å². The summed E-state index contributed by atoms with van der Waals surface area (Å²) in [5.41, 5.74) is 10.6. The van der Waals surface area contributed by atoms with Gasteiger partial charge in [0.2, 0.25) is 0 Å². The van der Waals surface area contributed by atoms with Crippen molar-refractivity contribution in [1.29, 1.82) is 0 Å². The zero-order valence-corrected chi connectivity index (χ0v) is 40.8. The van der Waals surface area contributed by atoms with E-state index >= 15 is 0 Å². The number of carbonyl (C=O) groups excluding carboxylic acids is 4. The fourth-order valence-corrected chi connectivity index (χ4v) is 10.4. The van der Waals surface area contributed by atoms with Crippen molar-refractivity contribution in [3.8, 4) is 0 Å². The molecule has 0 aromatic carbocycles. The average molecular weight is 887 g/mol. The van der Waals surface area contributed by atoms with Gasteiger partial charge < -0.3 is 29.7 Å². The number of hydrogen-bond acceptors (Lipinski definition) is 7. The molecule has 1 aliphatic carbocycles. The summed E-state index contributed by atoms with van der Waals surface area (Å²) < 4.78 is 11.1. The molecule has 5 atom stereocenters. The first-order chi connectivity index (χ1) is 31.1. The number of aromatic amines is 3. The van der Waals surface area contributed by atoms with E-state index in [1.165, 1.54) is 57.6 Å². The highest BCUT2D eigenvalue weighted by Gasteiger charge is 2.48. The summed E-state index contributed by atoms with van der Waals surface area (Å²) >= 11 is 0. The third-order valence-corrected chi connectivity index (χ3v) is 14.4. The molecule has 10 nitrogen and oxygen atoms in total. The third kappa shape index (κ3) is 10.8. The lowest BCUT2D eigenvalue weighted by Crippen LogP contribution is -2.25. The van der Waals surface area contributed by atoms with Crippen LogP contribution in [0.15, 0.2) is 29.6 Å². The number of hydrogen-bond donors (Lipinski definition) is 4. The van der Waals surface area contributed by atoms with Gasteiger partial charge in [-0.3, -0.25) is 19.2 Å². The summed E-state index contributed by atoms with van der Waals surface area (Å²) in [5, 5.41) is 5.08. The topological polar surface area (TPSA) is 146 Å². The molecule has 1 fully saturated rings. The number of esters is 2. The molecule has 0 radical (unpaired) electrons. The number of ketones is 1. The lowest BCUT2D eigenvalue weighted by atomic mass is 9.85. The van der Waals surface area contributed by atoms with Gasteiger partial charge in [0.15, 0.2) is 12.1 Å². The van der Waals surface area contributed by atoms with Gasteiger partial charge in [-0.05, 0) is 105 Å². The summed E-state index contributed by atoms with van der Waals surface area (Å²) in [6.45, 7) is 23.9. The van der Waals surface area contributed by atoms with Crippen molar-refractivity contribution >= 4 is 53.9 Å². The van der Waals surface area contributed by atoms with Crippen LogP contribution >= 0.6 is 0 Å². The number of fused-ring (bicyclic) bond motifs is 7. The predicted molar refractivity (Wildman–Crippen MR) is 262 cm³/mol. The van der Waals surface area contributed by atoms with Crippen LogP contribution in [0.3, 0.4) is 0 Å². The number of rotatable bonds is 21. The number of carbonyl (C=O) groups is 4. The van der Waals surface area contributed by atoms with Gasteiger partial charge in [0.1, 0.15) is 12.5 Å². The number of nitrogens with one attached hydrogen (secondary N) is 4. The van der Waals surface area contributed by atoms with E-state index in [1.807, 2.05) is 45.1 Å². The normalized spacial score (nSPS) is 21.8. The zero-order chi connectivity index (χ0) is 47.1. The first-order valence-electron chi connectivity index (χ1n) is 24.2. The molecule has 350 valence electrons. The Morgan fingerprint density at radius 2 is 1.51 bits per heavy atom. The molecule has 5 heterocycles. The molecule has 0 amide bonds. The van der Waals surface area contributed by atoms with Gasteiger partial charge in [-0.2, -0.15) is 0 Å². The minimum atomic E-state index is -1.19. The maximum Gasteiger partial charge on any atom is 0.321 e. The highest BCUT2D eigenvalue weighted by Crippen LogP contribution is 2.48. The number of aromatic nitrogens is 3. The van der Waals surface area contributed by atoms with E-state index in [-0.39, 0.29) is 36.6 Å². The first kappa shape index (κ1) is 49.1. The van der Waals surface area contributed by atoms with Crippen LogP contribution in [0.4, 0.5) is 0 Å². The van der Waals surface area contributed by atoms with Crippen LogP contribution < -0.4 is 16.0 Å². The van der Waals surface area contributed by atoms with E-state index in [0.29, 0.717) is 63.5 Å². The molecule has 5 unspecified atom stereocenters. The van der Waals surface area contributed by atoms with Crippen molar-refractivity contribution in [2.24, 2.45) is 35.5 Å². The summed E-state index contributed by atoms with van der Waals surface area (Å²) in [5.74, 6) is -0.546. The molecular formula is C55H74N4O6. The maximum atomic E-state index is 14.4. The van der Waals surface area contributed by atoms with Crippen LogP contribution in [0.2, 0.25) is 0 Å². The Kier molecular flexibility index (Phi) is 16.4. The second kappa shape index (κ2) is 21.7. The molecule has 6 rings (SSSR count). The van der Waals surface area contributed by atoms with Crippen molar-refractivity contribution in [2.45, 2.75) is 139 Å². The molecular weight excluding hydrogens is 813 g/mol. The van der Waals surface area contributed by atoms with Crippen molar-refractivity contribution in [2.75, 3.05) is 13.7 Å². The van der Waals surface area contributed by atoms with Crippen molar-refractivity contribution in [1.82, 2.24) is 20.3 Å². The SMILES string of the molecule is C=Cc1c2[nH]c(c1C)/C=C1\N/C(=C3\c4[nH]c(c(C)c4C(=O)C3C(=O)OC)/C=c3\[nH]/c(c(C=O)c3CC)=C\2)C(CCC(=O)OC/C=C(\C)CCCC(C)CCCC(C)CCCC(C)C)C1C. The number of Topliss-reactive ketones (excluding diaryl/α,β-unsaturated/α-hetero) is 1. The fraction of sp³-hybridized carbons (Fsp3) is 0.527. The van der Waals surface area contributed by atoms with Crippen LogP contribution in [-0.2, 0) is 25.5 Å². The number of aldehydes is 1. The van der Waals surface area contributed by atoms with Crippen LogP contribution in [-0.4, -0.2) is 52.7 Å². The summed E-state index contributed by atoms with van der Waals surface area (Å²) in [6.07, 6.45) is 23.1. The molecule has 0 spiro atoms. The Labute approximate surface area is 386 Å². The second-order valence-corrected chi connectivity index (χ2v) is 19.6. The van der Waals surface area contributed by atoms with E-state index in [0.717, 1.165) is 70.1 Å². The number of methoxy groups -OCH3 is 1. The second-order valence-electron chi connectivity index (χ2n) is 19.6. The molecule has 8 bridgehead atoms. The van der Waals surface area contributed by atoms with Crippen molar-refractivity contribution in [3.05, 3.63) is 96.5 Å². The van der Waals surface area contributed by atoms with Gasteiger partial charge in [0, 0.05) is 74.3 Å². The van der Waals surface area contributed by atoms with E-state index in [9.17, 15) is 19.2 Å². The molecule has 0 saturated carbocycles. The first-order valence-corrected chi connectivity index (χ1v) is 24.2. The molecule has 10 heteroatoms. The van der Waals surface area contributed by atoms with Gasteiger partial charge in [0.05, 0.1) is 18.2 Å². The largest absolute Gasteiger partial charge is 0.468 e. The monoisotopic (exact) mass is 887 g/mol. The van der Waals surface area contributed by atoms with Crippen LogP contribution in [0.25, 0.3) is 29.9 Å². The van der Waals surface area contributed by atoms with E-state index < -0.39 is 11.9 Å². The lowest BCUT2D eigenvalue weighted by molar-refractivity contribution is -0.143. The summed E-state index contributed by atoms with van der Waals surface area (Å²) in [6, 6.07) is 0. The Bertz CT molecular complexity index is 2500. The standard InChI is InChI=1S/C55H74N4O6/c1-12-38-35(8)42-27-43-36(9)40(23-24-48(61)65-26-25-34(7)22-16-21-33(6)20-15-19-32(5)18-14-17-31(3)4)52(58-43)50-51(55(63)64-11)54(62)49-37(10)44(59-53(49)50)28-46-39(13-2)41(30-60)47(57-46)29-45(38)56-42/h12,25,27-33,36,40,51,56-59H,1,13-24,26H2,2-11H3/b34-25+,43-27-,46-28-,47-29-,52-50-. The maximum absolute atomic E-state index is 14.4. The predicted octanol–water partition coefficient (Wildman–Crippen LogP) is 10.6. The highest BCUT2D eigenvalue weighted by atomic mass is 16.5. The fourth-order valence-electron chi connectivity index (χ4n) is 10.4. The minimum Gasteiger partial charge on any atom is -0.468 e. The molecule has 3 aromatic rings. The van der Waals surface area contributed by atoms with Crippen molar-refractivity contribution < 1.29 is 28.7 Å². The quantitative estimate of drug-likeness (QED) is 0.0361. The minimum absolute atomic E-state index is 0.134. The van der Waals surface area contributed by atoms with Crippen LogP contribution in [0, 0.1) is 49.4 Å². The van der Waals surface area contributed by atoms with Crippen LogP contribution in [0.1, 0.15) is 185 Å². The Morgan fingerprint density at radius 3 is 2.15 bits per heavy atom. The van der Waals surface area contributed by atoms with Gasteiger partial charge in [-0.15, -0.1) is 0 Å². The van der Waals surface area contributed by atoms with Crippen molar-refractivity contribution in [3.63, 3.8) is 0 Å². The number of allylic oxidation sites excluding steroid dienone is 3. The third-order valence-electron chi connectivity index (χ3n) is 14.4. The molecule has 2 aliphatic heterocycles. The molecule has 3 aromatic heterocycles. The zero-order valence-electron chi connectivity index (χ0n) is 40.8. The van der Waals surface area contributed by atoms with Gasteiger partial charge >= 0.3 is 11.9 Å². The highest BCUT2D eigenvalue weighted by molar-refractivity contribution is 6.24. The van der Waals surface area contributed by atoms with E-state index in [2.05, 4.69) is 74.5 Å². The molecule has 4 N–H and O–H groups in total. The van der Waals surface area contributed by atoms with E-state index in [4.69, 9.17) is 9.47 Å².